The molecular weight excluding hydrogens is 479 g/mol. The molecule has 1 atom stereocenters. The topological polar surface area (TPSA) is 75.6 Å². The summed E-state index contributed by atoms with van der Waals surface area (Å²) in [4.78, 5) is 25.7. The number of ether oxygens (including phenoxy) is 1. The van der Waals surface area contributed by atoms with Gasteiger partial charge in [-0.15, -0.1) is 11.3 Å². The molecule has 1 heterocycles. The van der Waals surface area contributed by atoms with Crippen molar-refractivity contribution >= 4 is 34.0 Å². The van der Waals surface area contributed by atoms with Gasteiger partial charge in [0.15, 0.2) is 0 Å². The summed E-state index contributed by atoms with van der Waals surface area (Å²) in [5.74, 6) is -1.57. The third-order valence-electron chi connectivity index (χ3n) is 5.38. The first kappa shape index (κ1) is 24.3. The number of aliphatic carboxylic acids is 1. The van der Waals surface area contributed by atoms with Crippen molar-refractivity contribution in [2.75, 3.05) is 0 Å². The zero-order valence-corrected chi connectivity index (χ0v) is 19.0. The average molecular weight is 500 g/mol. The number of thiophene rings is 1. The predicted molar refractivity (Wildman–Crippen MR) is 127 cm³/mol. The smallest absolute Gasteiger partial charge is 0.416 e. The minimum absolute atomic E-state index is 0.0794. The molecule has 0 radical (unpaired) electrons. The van der Waals surface area contributed by atoms with Gasteiger partial charge in [-0.1, -0.05) is 48.5 Å². The second-order valence-electron chi connectivity index (χ2n) is 7.79. The lowest BCUT2D eigenvalue weighted by atomic mass is 10.0. The number of alkyl halides is 3. The molecule has 0 bridgehead atoms. The maximum Gasteiger partial charge on any atom is 0.416 e. The van der Waals surface area contributed by atoms with E-state index < -0.39 is 29.7 Å². The van der Waals surface area contributed by atoms with Crippen molar-refractivity contribution in [2.24, 2.45) is 0 Å². The van der Waals surface area contributed by atoms with E-state index in [-0.39, 0.29) is 24.3 Å². The molecule has 0 saturated heterocycles. The van der Waals surface area contributed by atoms with Crippen LogP contribution in [0, 0.1) is 0 Å². The van der Waals surface area contributed by atoms with Crippen LogP contribution in [-0.2, 0) is 24.0 Å². The number of carboxylic acids is 1. The van der Waals surface area contributed by atoms with E-state index in [0.29, 0.717) is 10.9 Å². The minimum Gasteiger partial charge on any atom is -0.487 e. The summed E-state index contributed by atoms with van der Waals surface area (Å²) in [5.41, 5.74) is -0.150. The minimum atomic E-state index is -4.44. The summed E-state index contributed by atoms with van der Waals surface area (Å²) in [6, 6.07) is 17.5. The summed E-state index contributed by atoms with van der Waals surface area (Å²) < 4.78 is 44.5. The largest absolute Gasteiger partial charge is 0.487 e. The number of carboxylic acid groups (broad SMARTS) is 1. The Labute approximate surface area is 202 Å². The number of fused-ring (bicyclic) bond motifs is 1. The number of hydrogen-bond donors (Lipinski definition) is 2. The van der Waals surface area contributed by atoms with Crippen LogP contribution < -0.4 is 10.1 Å². The molecule has 0 aliphatic rings. The van der Waals surface area contributed by atoms with Gasteiger partial charge in [-0.3, -0.25) is 4.79 Å². The van der Waals surface area contributed by atoms with Gasteiger partial charge < -0.3 is 15.2 Å². The molecule has 0 fully saturated rings. The number of carbonyl (C=O) groups excluding carboxylic acids is 1. The van der Waals surface area contributed by atoms with Crippen LogP contribution in [0.1, 0.15) is 26.4 Å². The van der Waals surface area contributed by atoms with Crippen LogP contribution in [0.2, 0.25) is 0 Å². The zero-order valence-electron chi connectivity index (χ0n) is 18.2. The fourth-order valence-corrected chi connectivity index (χ4v) is 4.34. The Morgan fingerprint density at radius 3 is 2.37 bits per heavy atom. The van der Waals surface area contributed by atoms with Gasteiger partial charge >= 0.3 is 12.1 Å². The molecule has 1 amide bonds. The van der Waals surface area contributed by atoms with E-state index >= 15 is 0 Å². The summed E-state index contributed by atoms with van der Waals surface area (Å²) in [7, 11) is 0. The second kappa shape index (κ2) is 10.2. The van der Waals surface area contributed by atoms with E-state index in [1.165, 1.54) is 23.5 Å². The third kappa shape index (κ3) is 5.81. The Morgan fingerprint density at radius 1 is 0.971 bits per heavy atom. The lowest BCUT2D eigenvalue weighted by Gasteiger charge is -2.18. The van der Waals surface area contributed by atoms with Gasteiger partial charge in [0.25, 0.3) is 5.91 Å². The molecule has 0 aliphatic heterocycles. The maximum absolute atomic E-state index is 13.1. The molecular formula is C26H20F3NO4S. The molecule has 2 N–H and O–H groups in total. The normalized spacial score (nSPS) is 12.3. The Hall–Kier alpha value is -3.85. The fraction of sp³-hybridized carbons (Fsp3) is 0.154. The standard InChI is InChI=1S/C26H20F3NO4S/c27-26(28,29)18-10-7-16(8-11-18)15-34-23-20-6-2-1-4-17(20)9-12-21(23)24(31)30-22(25(32)33)14-19-5-3-13-35-19/h1-13,22H,14-15H2,(H,30,31)(H,32,33). The Balaban J connectivity index is 1.60. The van der Waals surface area contributed by atoms with Gasteiger partial charge in [-0.25, -0.2) is 4.79 Å². The predicted octanol–water partition coefficient (Wildman–Crippen LogP) is 5.92. The fourth-order valence-electron chi connectivity index (χ4n) is 3.59. The highest BCUT2D eigenvalue weighted by molar-refractivity contribution is 7.09. The number of rotatable bonds is 8. The summed E-state index contributed by atoms with van der Waals surface area (Å²) >= 11 is 1.40. The van der Waals surface area contributed by atoms with Crippen molar-refractivity contribution in [1.82, 2.24) is 5.32 Å². The first-order chi connectivity index (χ1) is 16.7. The van der Waals surface area contributed by atoms with Crippen molar-refractivity contribution < 1.29 is 32.6 Å². The average Bonchev–Trinajstić information content (AvgIpc) is 3.34. The highest BCUT2D eigenvalue weighted by atomic mass is 32.1. The number of hydrogen-bond acceptors (Lipinski definition) is 4. The van der Waals surface area contributed by atoms with Crippen molar-refractivity contribution in [2.45, 2.75) is 25.2 Å². The van der Waals surface area contributed by atoms with E-state index in [1.54, 1.807) is 36.4 Å². The summed E-state index contributed by atoms with van der Waals surface area (Å²) in [6.07, 6.45) is -4.31. The number of nitrogens with one attached hydrogen (secondary N) is 1. The molecule has 1 aromatic heterocycles. The first-order valence-corrected chi connectivity index (χ1v) is 11.5. The Bertz CT molecular complexity index is 1340. The molecule has 4 rings (SSSR count). The van der Waals surface area contributed by atoms with E-state index in [9.17, 15) is 27.9 Å². The monoisotopic (exact) mass is 499 g/mol. The van der Waals surface area contributed by atoms with Crippen LogP contribution in [-0.4, -0.2) is 23.0 Å². The lowest BCUT2D eigenvalue weighted by molar-refractivity contribution is -0.139. The molecule has 4 aromatic rings. The second-order valence-corrected chi connectivity index (χ2v) is 8.83. The van der Waals surface area contributed by atoms with Gasteiger partial charge in [0, 0.05) is 16.7 Å². The zero-order chi connectivity index (χ0) is 25.0. The molecule has 0 saturated carbocycles. The summed E-state index contributed by atoms with van der Waals surface area (Å²) in [6.45, 7) is -0.0794. The number of benzene rings is 3. The molecule has 180 valence electrons. The number of carbonyl (C=O) groups is 2. The SMILES string of the molecule is O=C(NC(Cc1cccs1)C(=O)O)c1ccc2ccccc2c1OCc1ccc(C(F)(F)F)cc1. The van der Waals surface area contributed by atoms with Crippen LogP contribution in [0.15, 0.2) is 78.2 Å². The van der Waals surface area contributed by atoms with Crippen molar-refractivity contribution in [3.05, 3.63) is 99.7 Å². The van der Waals surface area contributed by atoms with Gasteiger partial charge in [0.05, 0.1) is 11.1 Å². The van der Waals surface area contributed by atoms with Crippen molar-refractivity contribution in [1.29, 1.82) is 0 Å². The third-order valence-corrected chi connectivity index (χ3v) is 6.28. The molecule has 5 nitrogen and oxygen atoms in total. The lowest BCUT2D eigenvalue weighted by Crippen LogP contribution is -2.42. The van der Waals surface area contributed by atoms with Gasteiger partial charge in [-0.05, 0) is 40.6 Å². The molecule has 9 heteroatoms. The summed E-state index contributed by atoms with van der Waals surface area (Å²) in [5, 5.41) is 15.4. The van der Waals surface area contributed by atoms with Crippen LogP contribution in [0.5, 0.6) is 5.75 Å². The van der Waals surface area contributed by atoms with Crippen LogP contribution in [0.4, 0.5) is 13.2 Å². The van der Waals surface area contributed by atoms with Crippen molar-refractivity contribution in [3.63, 3.8) is 0 Å². The maximum atomic E-state index is 13.1. The highest BCUT2D eigenvalue weighted by Gasteiger charge is 2.30. The van der Waals surface area contributed by atoms with Crippen LogP contribution in [0.25, 0.3) is 10.8 Å². The van der Waals surface area contributed by atoms with E-state index in [1.807, 2.05) is 17.5 Å². The van der Waals surface area contributed by atoms with Gasteiger partial charge in [0.2, 0.25) is 0 Å². The van der Waals surface area contributed by atoms with Gasteiger partial charge in [-0.2, -0.15) is 13.2 Å². The molecule has 35 heavy (non-hydrogen) atoms. The molecule has 0 aliphatic carbocycles. The Kier molecular flexibility index (Phi) is 7.07. The highest BCUT2D eigenvalue weighted by Crippen LogP contribution is 2.32. The number of amides is 1. The van der Waals surface area contributed by atoms with Crippen LogP contribution >= 0.6 is 11.3 Å². The first-order valence-electron chi connectivity index (χ1n) is 10.6. The van der Waals surface area contributed by atoms with Crippen molar-refractivity contribution in [3.8, 4) is 5.75 Å². The van der Waals surface area contributed by atoms with E-state index in [0.717, 1.165) is 22.4 Å². The van der Waals surface area contributed by atoms with E-state index in [2.05, 4.69) is 5.32 Å². The Morgan fingerprint density at radius 2 is 1.71 bits per heavy atom. The number of halogens is 3. The quantitative estimate of drug-likeness (QED) is 0.315. The molecule has 0 spiro atoms. The van der Waals surface area contributed by atoms with Gasteiger partial charge in [0.1, 0.15) is 18.4 Å². The molecule has 3 aromatic carbocycles. The van der Waals surface area contributed by atoms with Crippen LogP contribution in [0.3, 0.4) is 0 Å². The van der Waals surface area contributed by atoms with E-state index in [4.69, 9.17) is 4.74 Å². The molecule has 1 unspecified atom stereocenters.